The molecule has 0 bridgehead atoms. The maximum Gasteiger partial charge on any atom is 0.254 e. The van der Waals surface area contributed by atoms with Gasteiger partial charge < -0.3 is 15.0 Å². The number of amides is 1. The molecule has 144 valence electrons. The molecule has 1 saturated heterocycles. The fourth-order valence-corrected chi connectivity index (χ4v) is 4.92. The number of ether oxygens (including phenoxy) is 1. The Morgan fingerprint density at radius 1 is 1.33 bits per heavy atom. The highest BCUT2D eigenvalue weighted by atomic mass is 32.2. The number of nitrogens with zero attached hydrogens (tertiary/aromatic N) is 2. The first kappa shape index (κ1) is 19.2. The zero-order chi connectivity index (χ0) is 19.4. The molecule has 1 amide bonds. The zero-order valence-corrected chi connectivity index (χ0v) is 16.2. The summed E-state index contributed by atoms with van der Waals surface area (Å²) in [6.07, 6.45) is 2.05. The third kappa shape index (κ3) is 4.57. The van der Waals surface area contributed by atoms with Crippen molar-refractivity contribution >= 4 is 21.6 Å². The van der Waals surface area contributed by atoms with Gasteiger partial charge >= 0.3 is 0 Å². The third-order valence-corrected chi connectivity index (χ3v) is 6.49. The molecule has 1 N–H and O–H groups in total. The second-order valence-electron chi connectivity index (χ2n) is 6.57. The van der Waals surface area contributed by atoms with Gasteiger partial charge in [-0.25, -0.2) is 13.4 Å². The molecule has 1 fully saturated rings. The molecule has 0 aliphatic carbocycles. The molecule has 1 unspecified atom stereocenters. The van der Waals surface area contributed by atoms with Crippen molar-refractivity contribution in [3.63, 3.8) is 0 Å². The summed E-state index contributed by atoms with van der Waals surface area (Å²) in [6, 6.07) is 10.7. The summed E-state index contributed by atoms with van der Waals surface area (Å²) in [4.78, 5) is 18.5. The van der Waals surface area contributed by atoms with Crippen molar-refractivity contribution < 1.29 is 17.9 Å². The highest BCUT2D eigenvalue weighted by Crippen LogP contribution is 2.21. The van der Waals surface area contributed by atoms with E-state index in [1.807, 2.05) is 24.3 Å². The summed E-state index contributed by atoms with van der Waals surface area (Å²) in [7, 11) is 0.229. The lowest BCUT2D eigenvalue weighted by Crippen LogP contribution is -2.37. The van der Waals surface area contributed by atoms with Gasteiger partial charge in [-0.2, -0.15) is 0 Å². The summed E-state index contributed by atoms with van der Waals surface area (Å²) in [5, 5.41) is 3.19. The van der Waals surface area contributed by atoms with Gasteiger partial charge in [0.1, 0.15) is 11.6 Å². The summed E-state index contributed by atoms with van der Waals surface area (Å²) in [5.74, 6) is 1.30. The van der Waals surface area contributed by atoms with Crippen molar-refractivity contribution in [3.8, 4) is 5.75 Å². The van der Waals surface area contributed by atoms with E-state index >= 15 is 0 Å². The Kier molecular flexibility index (Phi) is 5.65. The number of rotatable bonds is 6. The van der Waals surface area contributed by atoms with E-state index in [9.17, 15) is 13.2 Å². The van der Waals surface area contributed by atoms with E-state index in [1.54, 1.807) is 32.5 Å². The molecule has 8 heteroatoms. The van der Waals surface area contributed by atoms with Crippen LogP contribution in [0.25, 0.3) is 0 Å². The second-order valence-corrected chi connectivity index (χ2v) is 8.80. The molecule has 1 aromatic heterocycles. The predicted molar refractivity (Wildman–Crippen MR) is 104 cm³/mol. The SMILES string of the molecule is COc1ccccc1CNc1cc(C(=O)N(C)C2CCS(=O)(=O)C2)ccn1. The van der Waals surface area contributed by atoms with Gasteiger partial charge in [0, 0.05) is 37.0 Å². The van der Waals surface area contributed by atoms with Crippen molar-refractivity contribution in [2.75, 3.05) is 31.0 Å². The fourth-order valence-electron chi connectivity index (χ4n) is 3.15. The number of nitrogens with one attached hydrogen (secondary N) is 1. The van der Waals surface area contributed by atoms with Gasteiger partial charge in [0.2, 0.25) is 0 Å². The van der Waals surface area contributed by atoms with E-state index < -0.39 is 9.84 Å². The molecular weight excluding hydrogens is 366 g/mol. The topological polar surface area (TPSA) is 88.6 Å². The molecule has 1 aromatic carbocycles. The molecule has 2 heterocycles. The summed E-state index contributed by atoms with van der Waals surface area (Å²) < 4.78 is 28.7. The first-order valence-electron chi connectivity index (χ1n) is 8.69. The Balaban J connectivity index is 1.69. The molecule has 2 aromatic rings. The van der Waals surface area contributed by atoms with Crippen LogP contribution in [-0.4, -0.2) is 55.9 Å². The number of anilines is 1. The molecule has 7 nitrogen and oxygen atoms in total. The van der Waals surface area contributed by atoms with Crippen LogP contribution in [0.2, 0.25) is 0 Å². The van der Waals surface area contributed by atoms with Crippen molar-refractivity contribution in [3.05, 3.63) is 53.7 Å². The molecule has 1 aliphatic heterocycles. The number of aromatic nitrogens is 1. The van der Waals surface area contributed by atoms with Crippen LogP contribution >= 0.6 is 0 Å². The largest absolute Gasteiger partial charge is 0.496 e. The minimum Gasteiger partial charge on any atom is -0.496 e. The normalized spacial score (nSPS) is 18.1. The lowest BCUT2D eigenvalue weighted by atomic mass is 10.1. The number of pyridine rings is 1. The van der Waals surface area contributed by atoms with Crippen molar-refractivity contribution in [2.45, 2.75) is 19.0 Å². The Morgan fingerprint density at radius 2 is 2.11 bits per heavy atom. The standard InChI is InChI=1S/C19H23N3O4S/c1-22(16-8-10-27(24,25)13-16)19(23)14-7-9-20-18(11-14)21-12-15-5-3-4-6-17(15)26-2/h3-7,9,11,16H,8,10,12-13H2,1-2H3,(H,20,21). The Hall–Kier alpha value is -2.61. The first-order valence-corrected chi connectivity index (χ1v) is 10.5. The van der Waals surface area contributed by atoms with Crippen LogP contribution < -0.4 is 10.1 Å². The highest BCUT2D eigenvalue weighted by molar-refractivity contribution is 7.91. The van der Waals surface area contributed by atoms with Crippen molar-refractivity contribution in [1.29, 1.82) is 0 Å². The number of hydrogen-bond donors (Lipinski definition) is 1. The molecule has 1 aliphatic rings. The van der Waals surface area contributed by atoms with E-state index in [0.717, 1.165) is 11.3 Å². The molecular formula is C19H23N3O4S. The maximum atomic E-state index is 12.7. The number of carbonyl (C=O) groups excluding carboxylic acids is 1. The van der Waals surface area contributed by atoms with Crippen LogP contribution in [0, 0.1) is 0 Å². The van der Waals surface area contributed by atoms with Crippen molar-refractivity contribution in [1.82, 2.24) is 9.88 Å². The smallest absolute Gasteiger partial charge is 0.254 e. The first-order chi connectivity index (χ1) is 12.9. The fraction of sp³-hybridized carbons (Fsp3) is 0.368. The van der Waals surface area contributed by atoms with E-state index in [4.69, 9.17) is 4.74 Å². The number of sulfone groups is 1. The Labute approximate surface area is 159 Å². The van der Waals surface area contributed by atoms with Gasteiger partial charge in [0.25, 0.3) is 5.91 Å². The quantitative estimate of drug-likeness (QED) is 0.813. The van der Waals surface area contributed by atoms with Crippen LogP contribution in [0.5, 0.6) is 5.75 Å². The molecule has 27 heavy (non-hydrogen) atoms. The molecule has 0 radical (unpaired) electrons. The highest BCUT2D eigenvalue weighted by Gasteiger charge is 2.33. The Bertz CT molecular complexity index is 930. The van der Waals surface area contributed by atoms with Crippen LogP contribution in [0.4, 0.5) is 5.82 Å². The number of carbonyl (C=O) groups is 1. The van der Waals surface area contributed by atoms with Gasteiger partial charge in [-0.3, -0.25) is 4.79 Å². The van der Waals surface area contributed by atoms with Crippen LogP contribution in [0.15, 0.2) is 42.6 Å². The number of benzene rings is 1. The number of para-hydroxylation sites is 1. The Morgan fingerprint density at radius 3 is 2.81 bits per heavy atom. The number of hydrogen-bond acceptors (Lipinski definition) is 6. The summed E-state index contributed by atoms with van der Waals surface area (Å²) in [6.45, 7) is 0.505. The average Bonchev–Trinajstić information content (AvgIpc) is 3.05. The number of methoxy groups -OCH3 is 1. The minimum atomic E-state index is -3.04. The van der Waals surface area contributed by atoms with E-state index in [0.29, 0.717) is 24.3 Å². The van der Waals surface area contributed by atoms with Crippen LogP contribution in [-0.2, 0) is 16.4 Å². The van der Waals surface area contributed by atoms with Crippen LogP contribution in [0.3, 0.4) is 0 Å². The maximum absolute atomic E-state index is 12.7. The molecule has 0 saturated carbocycles. The van der Waals surface area contributed by atoms with Gasteiger partial charge in [-0.1, -0.05) is 18.2 Å². The lowest BCUT2D eigenvalue weighted by molar-refractivity contribution is 0.0747. The van der Waals surface area contributed by atoms with Crippen LogP contribution in [0.1, 0.15) is 22.3 Å². The lowest BCUT2D eigenvalue weighted by Gasteiger charge is -2.23. The monoisotopic (exact) mass is 389 g/mol. The zero-order valence-electron chi connectivity index (χ0n) is 15.4. The van der Waals surface area contributed by atoms with Gasteiger partial charge in [-0.05, 0) is 24.6 Å². The van der Waals surface area contributed by atoms with E-state index in [-0.39, 0.29) is 23.5 Å². The van der Waals surface area contributed by atoms with Gasteiger partial charge in [0.05, 0.1) is 18.6 Å². The summed E-state index contributed by atoms with van der Waals surface area (Å²) in [5.41, 5.74) is 1.45. The molecule has 3 rings (SSSR count). The second kappa shape index (κ2) is 7.96. The molecule has 1 atom stereocenters. The van der Waals surface area contributed by atoms with E-state index in [2.05, 4.69) is 10.3 Å². The minimum absolute atomic E-state index is 0.0270. The van der Waals surface area contributed by atoms with E-state index in [1.165, 1.54) is 4.90 Å². The third-order valence-electron chi connectivity index (χ3n) is 4.74. The van der Waals surface area contributed by atoms with Gasteiger partial charge in [0.15, 0.2) is 9.84 Å². The molecule has 0 spiro atoms. The van der Waals surface area contributed by atoms with Gasteiger partial charge in [-0.15, -0.1) is 0 Å². The predicted octanol–water partition coefficient (Wildman–Crippen LogP) is 1.96. The van der Waals surface area contributed by atoms with Crippen molar-refractivity contribution in [2.24, 2.45) is 0 Å². The average molecular weight is 389 g/mol. The summed E-state index contributed by atoms with van der Waals surface area (Å²) >= 11 is 0.